The van der Waals surface area contributed by atoms with Crippen LogP contribution in [0.15, 0.2) is 18.2 Å². The molecule has 0 aliphatic rings. The van der Waals surface area contributed by atoms with Gasteiger partial charge in [0.1, 0.15) is 5.82 Å². The summed E-state index contributed by atoms with van der Waals surface area (Å²) in [5, 5.41) is 10.6. The molecule has 0 spiro atoms. The standard InChI is InChI=1S/C10H8F4N2/c11-9-2-7(4-15)1-8(3-9)5-16-6-10(12,13)14/h1-3,16H,5-6H2. The van der Waals surface area contributed by atoms with Gasteiger partial charge in [0.05, 0.1) is 18.2 Å². The monoisotopic (exact) mass is 232 g/mol. The van der Waals surface area contributed by atoms with Crippen LogP contribution in [-0.2, 0) is 6.54 Å². The Labute approximate surface area is 89.5 Å². The van der Waals surface area contributed by atoms with Crippen molar-refractivity contribution in [2.75, 3.05) is 6.54 Å². The number of hydrogen-bond donors (Lipinski definition) is 1. The summed E-state index contributed by atoms with van der Waals surface area (Å²) in [5.74, 6) is -0.636. The fourth-order valence-electron chi connectivity index (χ4n) is 1.17. The molecule has 1 N–H and O–H groups in total. The highest BCUT2D eigenvalue weighted by Gasteiger charge is 2.26. The number of nitriles is 1. The van der Waals surface area contributed by atoms with Gasteiger partial charge in [0.15, 0.2) is 0 Å². The third-order valence-electron chi connectivity index (χ3n) is 1.74. The van der Waals surface area contributed by atoms with Crippen LogP contribution in [0.3, 0.4) is 0 Å². The van der Waals surface area contributed by atoms with Gasteiger partial charge in [0, 0.05) is 6.54 Å². The van der Waals surface area contributed by atoms with Crippen LogP contribution >= 0.6 is 0 Å². The zero-order chi connectivity index (χ0) is 12.2. The lowest BCUT2D eigenvalue weighted by molar-refractivity contribution is -0.125. The lowest BCUT2D eigenvalue weighted by Crippen LogP contribution is -2.28. The normalized spacial score (nSPS) is 11.2. The van der Waals surface area contributed by atoms with E-state index < -0.39 is 18.5 Å². The smallest absolute Gasteiger partial charge is 0.305 e. The summed E-state index contributed by atoms with van der Waals surface area (Å²) in [4.78, 5) is 0. The molecular weight excluding hydrogens is 224 g/mol. The molecule has 0 fully saturated rings. The van der Waals surface area contributed by atoms with E-state index in [1.807, 2.05) is 0 Å². The van der Waals surface area contributed by atoms with E-state index in [9.17, 15) is 17.6 Å². The number of alkyl halides is 3. The predicted octanol–water partition coefficient (Wildman–Crippen LogP) is 2.35. The quantitative estimate of drug-likeness (QED) is 0.812. The van der Waals surface area contributed by atoms with Crippen LogP contribution in [0, 0.1) is 17.1 Å². The Morgan fingerprint density at radius 2 is 1.94 bits per heavy atom. The lowest BCUT2D eigenvalue weighted by atomic mass is 10.1. The SMILES string of the molecule is N#Cc1cc(F)cc(CNCC(F)(F)F)c1. The minimum absolute atomic E-state index is 0.0869. The molecule has 0 atom stereocenters. The second kappa shape index (κ2) is 4.94. The fourth-order valence-corrected chi connectivity index (χ4v) is 1.17. The molecule has 0 aliphatic heterocycles. The molecule has 0 unspecified atom stereocenters. The number of hydrogen-bond acceptors (Lipinski definition) is 2. The van der Waals surface area contributed by atoms with Crippen molar-refractivity contribution in [1.29, 1.82) is 5.26 Å². The summed E-state index contributed by atoms with van der Waals surface area (Å²) >= 11 is 0. The van der Waals surface area contributed by atoms with E-state index in [-0.39, 0.29) is 12.1 Å². The van der Waals surface area contributed by atoms with Crippen molar-refractivity contribution in [2.24, 2.45) is 0 Å². The Kier molecular flexibility index (Phi) is 3.85. The summed E-state index contributed by atoms with van der Waals surface area (Å²) in [5.41, 5.74) is 0.393. The molecule has 0 saturated heterocycles. The van der Waals surface area contributed by atoms with Crippen LogP contribution in [0.25, 0.3) is 0 Å². The first kappa shape index (κ1) is 12.5. The third-order valence-corrected chi connectivity index (χ3v) is 1.74. The molecule has 6 heteroatoms. The van der Waals surface area contributed by atoms with Crippen molar-refractivity contribution in [1.82, 2.24) is 5.32 Å². The van der Waals surface area contributed by atoms with E-state index in [1.54, 1.807) is 6.07 Å². The first-order valence-corrected chi connectivity index (χ1v) is 4.38. The molecule has 16 heavy (non-hydrogen) atoms. The van der Waals surface area contributed by atoms with Crippen molar-refractivity contribution >= 4 is 0 Å². The van der Waals surface area contributed by atoms with Crippen LogP contribution in [-0.4, -0.2) is 12.7 Å². The minimum atomic E-state index is -4.30. The molecule has 2 nitrogen and oxygen atoms in total. The molecule has 0 heterocycles. The van der Waals surface area contributed by atoms with E-state index in [0.29, 0.717) is 5.56 Å². The average Bonchev–Trinajstić information content (AvgIpc) is 2.14. The fraction of sp³-hybridized carbons (Fsp3) is 0.300. The summed E-state index contributed by atoms with van der Waals surface area (Å²) in [6.07, 6.45) is -4.30. The maximum atomic E-state index is 12.9. The zero-order valence-corrected chi connectivity index (χ0v) is 8.11. The van der Waals surface area contributed by atoms with E-state index in [1.165, 1.54) is 6.07 Å². The summed E-state index contributed by atoms with van der Waals surface area (Å²) in [6, 6.07) is 5.17. The van der Waals surface area contributed by atoms with Crippen LogP contribution < -0.4 is 5.32 Å². The molecular formula is C10H8F4N2. The lowest BCUT2D eigenvalue weighted by Gasteiger charge is -2.08. The number of nitrogens with zero attached hydrogens (tertiary/aromatic N) is 1. The highest BCUT2D eigenvalue weighted by molar-refractivity contribution is 5.33. The van der Waals surface area contributed by atoms with Crippen molar-refractivity contribution in [3.63, 3.8) is 0 Å². The summed E-state index contributed by atoms with van der Waals surface area (Å²) in [7, 11) is 0. The van der Waals surface area contributed by atoms with Gasteiger partial charge in [-0.3, -0.25) is 0 Å². The largest absolute Gasteiger partial charge is 0.401 e. The summed E-state index contributed by atoms with van der Waals surface area (Å²) in [6.45, 7) is -1.28. The molecule has 1 aromatic carbocycles. The van der Waals surface area contributed by atoms with Gasteiger partial charge in [-0.1, -0.05) is 0 Å². The van der Waals surface area contributed by atoms with Crippen LogP contribution in [0.1, 0.15) is 11.1 Å². The highest BCUT2D eigenvalue weighted by Crippen LogP contribution is 2.13. The first-order chi connectivity index (χ1) is 7.40. The molecule has 86 valence electrons. The molecule has 0 aromatic heterocycles. The topological polar surface area (TPSA) is 35.8 Å². The van der Waals surface area contributed by atoms with Gasteiger partial charge in [0.25, 0.3) is 0 Å². The van der Waals surface area contributed by atoms with Crippen LogP contribution in [0.2, 0.25) is 0 Å². The number of benzene rings is 1. The molecule has 0 radical (unpaired) electrons. The Bertz CT molecular complexity index is 406. The van der Waals surface area contributed by atoms with Gasteiger partial charge in [-0.25, -0.2) is 4.39 Å². The summed E-state index contributed by atoms with van der Waals surface area (Å²) < 4.78 is 48.3. The maximum absolute atomic E-state index is 12.9. The van der Waals surface area contributed by atoms with Gasteiger partial charge < -0.3 is 5.32 Å². The Balaban J connectivity index is 2.61. The molecule has 1 rings (SSSR count). The molecule has 0 aliphatic carbocycles. The highest BCUT2D eigenvalue weighted by atomic mass is 19.4. The van der Waals surface area contributed by atoms with Crippen molar-refractivity contribution < 1.29 is 17.6 Å². The van der Waals surface area contributed by atoms with Crippen molar-refractivity contribution in [2.45, 2.75) is 12.7 Å². The molecule has 0 saturated carbocycles. The Morgan fingerprint density at radius 3 is 2.50 bits per heavy atom. The minimum Gasteiger partial charge on any atom is -0.305 e. The van der Waals surface area contributed by atoms with E-state index >= 15 is 0 Å². The van der Waals surface area contributed by atoms with Gasteiger partial charge in [-0.2, -0.15) is 18.4 Å². The van der Waals surface area contributed by atoms with E-state index in [2.05, 4.69) is 5.32 Å². The van der Waals surface area contributed by atoms with Crippen LogP contribution in [0.5, 0.6) is 0 Å². The zero-order valence-electron chi connectivity index (χ0n) is 8.11. The number of rotatable bonds is 3. The Morgan fingerprint density at radius 1 is 1.25 bits per heavy atom. The third kappa shape index (κ3) is 4.28. The van der Waals surface area contributed by atoms with Gasteiger partial charge in [-0.05, 0) is 23.8 Å². The predicted molar refractivity (Wildman–Crippen MR) is 48.9 cm³/mol. The average molecular weight is 232 g/mol. The second-order valence-corrected chi connectivity index (χ2v) is 3.18. The Hall–Kier alpha value is -1.61. The molecule has 0 bridgehead atoms. The van der Waals surface area contributed by atoms with Gasteiger partial charge >= 0.3 is 6.18 Å². The second-order valence-electron chi connectivity index (χ2n) is 3.18. The van der Waals surface area contributed by atoms with Crippen molar-refractivity contribution in [3.05, 3.63) is 35.1 Å². The number of nitrogens with one attached hydrogen (secondary N) is 1. The molecule has 0 amide bonds. The number of halogens is 4. The first-order valence-electron chi connectivity index (χ1n) is 4.38. The van der Waals surface area contributed by atoms with E-state index in [0.717, 1.165) is 12.1 Å². The molecule has 1 aromatic rings. The maximum Gasteiger partial charge on any atom is 0.401 e. The van der Waals surface area contributed by atoms with Crippen LogP contribution in [0.4, 0.5) is 17.6 Å². The van der Waals surface area contributed by atoms with Gasteiger partial charge in [-0.15, -0.1) is 0 Å². The van der Waals surface area contributed by atoms with E-state index in [4.69, 9.17) is 5.26 Å². The van der Waals surface area contributed by atoms with Gasteiger partial charge in [0.2, 0.25) is 0 Å². The van der Waals surface area contributed by atoms with Crippen molar-refractivity contribution in [3.8, 4) is 6.07 Å².